The number of hydrogen-bond donors (Lipinski definition) is 1. The minimum atomic E-state index is -0.0622. The Morgan fingerprint density at radius 1 is 1.07 bits per heavy atom. The Labute approximate surface area is 176 Å². The number of Topliss-reactive ketones (excluding diaryl/α,β-unsaturated/α-hetero) is 1. The highest BCUT2D eigenvalue weighted by atomic mass is 35.5. The molecule has 1 fully saturated rings. The molecule has 154 valence electrons. The van der Waals surface area contributed by atoms with E-state index >= 15 is 0 Å². The summed E-state index contributed by atoms with van der Waals surface area (Å²) >= 11 is 6.01. The molecule has 1 saturated heterocycles. The largest absolute Gasteiger partial charge is 0.495 e. The van der Waals surface area contributed by atoms with Crippen LogP contribution in [0.3, 0.4) is 0 Å². The zero-order chi connectivity index (χ0) is 20.8. The van der Waals surface area contributed by atoms with Gasteiger partial charge in [0.2, 0.25) is 5.91 Å². The third-order valence-electron chi connectivity index (χ3n) is 5.10. The van der Waals surface area contributed by atoms with Crippen LogP contribution < -0.4 is 15.0 Å². The molecule has 29 heavy (non-hydrogen) atoms. The molecule has 0 spiro atoms. The van der Waals surface area contributed by atoms with Crippen LogP contribution in [-0.4, -0.2) is 56.4 Å². The fourth-order valence-corrected chi connectivity index (χ4v) is 3.56. The SMILES string of the molecule is COc1ccc(Cl)cc1NC(=O)CCN1CCN(c2ccc(C(C)=O)cc2)CC1. The van der Waals surface area contributed by atoms with E-state index in [1.54, 1.807) is 32.2 Å². The lowest BCUT2D eigenvalue weighted by molar-refractivity contribution is -0.116. The van der Waals surface area contributed by atoms with Crippen molar-refractivity contribution in [1.82, 2.24) is 4.90 Å². The number of carbonyl (C=O) groups excluding carboxylic acids is 2. The van der Waals surface area contributed by atoms with Crippen molar-refractivity contribution in [2.45, 2.75) is 13.3 Å². The molecule has 6 nitrogen and oxygen atoms in total. The highest BCUT2D eigenvalue weighted by Gasteiger charge is 2.18. The van der Waals surface area contributed by atoms with Crippen molar-refractivity contribution in [2.75, 3.05) is 50.1 Å². The monoisotopic (exact) mass is 415 g/mol. The minimum absolute atomic E-state index is 0.0622. The Bertz CT molecular complexity index is 862. The lowest BCUT2D eigenvalue weighted by atomic mass is 10.1. The number of hydrogen-bond acceptors (Lipinski definition) is 5. The average molecular weight is 416 g/mol. The number of carbonyl (C=O) groups is 2. The first-order chi connectivity index (χ1) is 14.0. The van der Waals surface area contributed by atoms with Crippen molar-refractivity contribution in [2.24, 2.45) is 0 Å². The van der Waals surface area contributed by atoms with Crippen LogP contribution in [0.2, 0.25) is 5.02 Å². The first kappa shape index (κ1) is 21.1. The Balaban J connectivity index is 1.45. The van der Waals surface area contributed by atoms with Crippen molar-refractivity contribution in [3.63, 3.8) is 0 Å². The van der Waals surface area contributed by atoms with Gasteiger partial charge in [0.1, 0.15) is 5.75 Å². The van der Waals surface area contributed by atoms with E-state index in [9.17, 15) is 9.59 Å². The fraction of sp³-hybridized carbons (Fsp3) is 0.364. The Kier molecular flexibility index (Phi) is 7.12. The van der Waals surface area contributed by atoms with Crippen LogP contribution in [0.5, 0.6) is 5.75 Å². The summed E-state index contributed by atoms with van der Waals surface area (Å²) < 4.78 is 5.26. The second-order valence-corrected chi connectivity index (χ2v) is 7.51. The van der Waals surface area contributed by atoms with Gasteiger partial charge in [-0.1, -0.05) is 11.6 Å². The summed E-state index contributed by atoms with van der Waals surface area (Å²) in [6, 6.07) is 12.9. The van der Waals surface area contributed by atoms with Gasteiger partial charge in [-0.05, 0) is 49.4 Å². The third kappa shape index (κ3) is 5.71. The maximum absolute atomic E-state index is 12.3. The van der Waals surface area contributed by atoms with E-state index in [0.29, 0.717) is 29.4 Å². The van der Waals surface area contributed by atoms with Crippen molar-refractivity contribution in [3.8, 4) is 5.75 Å². The highest BCUT2D eigenvalue weighted by molar-refractivity contribution is 6.31. The number of nitrogens with one attached hydrogen (secondary N) is 1. The van der Waals surface area contributed by atoms with Crippen LogP contribution in [-0.2, 0) is 4.79 Å². The number of ketones is 1. The smallest absolute Gasteiger partial charge is 0.225 e. The Morgan fingerprint density at radius 2 is 1.76 bits per heavy atom. The van der Waals surface area contributed by atoms with E-state index < -0.39 is 0 Å². The van der Waals surface area contributed by atoms with Crippen molar-refractivity contribution < 1.29 is 14.3 Å². The average Bonchev–Trinajstić information content (AvgIpc) is 2.73. The standard InChI is InChI=1S/C22H26ClN3O3/c1-16(27)17-3-6-19(7-4-17)26-13-11-25(12-14-26)10-9-22(28)24-20-15-18(23)5-8-21(20)29-2/h3-8,15H,9-14H2,1-2H3,(H,24,28). The maximum atomic E-state index is 12.3. The van der Waals surface area contributed by atoms with E-state index in [1.165, 1.54) is 0 Å². The van der Waals surface area contributed by atoms with Gasteiger partial charge in [0.15, 0.2) is 5.78 Å². The quantitative estimate of drug-likeness (QED) is 0.698. The van der Waals surface area contributed by atoms with Crippen molar-refractivity contribution in [1.29, 1.82) is 0 Å². The molecule has 0 unspecified atom stereocenters. The molecule has 1 amide bonds. The zero-order valence-electron chi connectivity index (χ0n) is 16.8. The molecule has 3 rings (SSSR count). The van der Waals surface area contributed by atoms with Gasteiger partial charge in [-0.25, -0.2) is 0 Å². The summed E-state index contributed by atoms with van der Waals surface area (Å²) in [4.78, 5) is 28.3. The Morgan fingerprint density at radius 3 is 2.38 bits per heavy atom. The van der Waals surface area contributed by atoms with E-state index in [2.05, 4.69) is 15.1 Å². The molecule has 7 heteroatoms. The van der Waals surface area contributed by atoms with Crippen LogP contribution >= 0.6 is 11.6 Å². The summed E-state index contributed by atoms with van der Waals surface area (Å²) in [7, 11) is 1.56. The topological polar surface area (TPSA) is 61.9 Å². The van der Waals surface area contributed by atoms with Crippen LogP contribution in [0, 0.1) is 0 Å². The predicted octanol–water partition coefficient (Wildman–Crippen LogP) is 3.70. The number of piperazine rings is 1. The molecular weight excluding hydrogens is 390 g/mol. The predicted molar refractivity (Wildman–Crippen MR) is 116 cm³/mol. The molecule has 1 aliphatic heterocycles. The summed E-state index contributed by atoms with van der Waals surface area (Å²) in [6.07, 6.45) is 0.406. The van der Waals surface area contributed by atoms with E-state index in [4.69, 9.17) is 16.3 Å². The molecule has 0 atom stereocenters. The van der Waals surface area contributed by atoms with Gasteiger partial charge in [-0.15, -0.1) is 0 Å². The van der Waals surface area contributed by atoms with Gasteiger partial charge in [0, 0.05) is 55.4 Å². The van der Waals surface area contributed by atoms with E-state index in [0.717, 1.165) is 37.4 Å². The molecule has 0 bridgehead atoms. The summed E-state index contributed by atoms with van der Waals surface area (Å²) in [6.45, 7) is 5.84. The normalized spacial score (nSPS) is 14.5. The van der Waals surface area contributed by atoms with Gasteiger partial charge >= 0.3 is 0 Å². The van der Waals surface area contributed by atoms with Crippen molar-refractivity contribution >= 4 is 34.7 Å². The summed E-state index contributed by atoms with van der Waals surface area (Å²) in [5, 5.41) is 3.43. The summed E-state index contributed by atoms with van der Waals surface area (Å²) in [5.41, 5.74) is 2.44. The minimum Gasteiger partial charge on any atom is -0.495 e. The number of halogens is 1. The first-order valence-corrected chi connectivity index (χ1v) is 10.1. The van der Waals surface area contributed by atoms with Gasteiger partial charge < -0.3 is 15.0 Å². The Hall–Kier alpha value is -2.57. The fourth-order valence-electron chi connectivity index (χ4n) is 3.39. The second-order valence-electron chi connectivity index (χ2n) is 7.07. The van der Waals surface area contributed by atoms with Crippen LogP contribution in [0.15, 0.2) is 42.5 Å². The number of ether oxygens (including phenoxy) is 1. The highest BCUT2D eigenvalue weighted by Crippen LogP contribution is 2.27. The number of methoxy groups -OCH3 is 1. The van der Waals surface area contributed by atoms with Crippen LogP contribution in [0.1, 0.15) is 23.7 Å². The molecule has 0 saturated carbocycles. The summed E-state index contributed by atoms with van der Waals surface area (Å²) in [5.74, 6) is 0.606. The van der Waals surface area contributed by atoms with Gasteiger partial charge in [-0.3, -0.25) is 14.5 Å². The molecule has 1 heterocycles. The molecule has 0 aliphatic carbocycles. The number of nitrogens with zero attached hydrogens (tertiary/aromatic N) is 2. The molecule has 1 aliphatic rings. The molecule has 0 radical (unpaired) electrons. The number of benzene rings is 2. The molecule has 2 aromatic carbocycles. The number of rotatable bonds is 7. The first-order valence-electron chi connectivity index (χ1n) is 9.68. The molecule has 0 aromatic heterocycles. The number of anilines is 2. The zero-order valence-corrected chi connectivity index (χ0v) is 17.5. The maximum Gasteiger partial charge on any atom is 0.225 e. The van der Waals surface area contributed by atoms with E-state index in [-0.39, 0.29) is 11.7 Å². The molecular formula is C22H26ClN3O3. The van der Waals surface area contributed by atoms with Gasteiger partial charge in [0.25, 0.3) is 0 Å². The van der Waals surface area contributed by atoms with Crippen molar-refractivity contribution in [3.05, 3.63) is 53.1 Å². The van der Waals surface area contributed by atoms with E-state index in [1.807, 2.05) is 24.3 Å². The van der Waals surface area contributed by atoms with Gasteiger partial charge in [-0.2, -0.15) is 0 Å². The van der Waals surface area contributed by atoms with Crippen LogP contribution in [0.4, 0.5) is 11.4 Å². The second kappa shape index (κ2) is 9.76. The molecule has 1 N–H and O–H groups in total. The lowest BCUT2D eigenvalue weighted by Crippen LogP contribution is -2.47. The lowest BCUT2D eigenvalue weighted by Gasteiger charge is -2.36. The van der Waals surface area contributed by atoms with Crippen LogP contribution in [0.25, 0.3) is 0 Å². The molecule has 2 aromatic rings. The third-order valence-corrected chi connectivity index (χ3v) is 5.34. The van der Waals surface area contributed by atoms with Gasteiger partial charge in [0.05, 0.1) is 12.8 Å². The number of amides is 1.